The van der Waals surface area contributed by atoms with E-state index in [1.165, 1.54) is 0 Å². The Hall–Kier alpha value is -1.53. The lowest BCUT2D eigenvalue weighted by Gasteiger charge is -2.09. The molecule has 0 saturated heterocycles. The minimum atomic E-state index is 0.0263. The monoisotopic (exact) mass is 307 g/mol. The molecule has 1 aromatic carbocycles. The number of amides is 1. The highest BCUT2D eigenvalue weighted by atomic mass is 32.2. The smallest absolute Gasteiger partial charge is 0.224 e. The number of thiazole rings is 1. The summed E-state index contributed by atoms with van der Waals surface area (Å²) in [6.07, 6.45) is 3.13. The van der Waals surface area contributed by atoms with Gasteiger partial charge in [-0.05, 0) is 31.0 Å². The van der Waals surface area contributed by atoms with Crippen molar-refractivity contribution in [3.8, 4) is 0 Å². The summed E-state index contributed by atoms with van der Waals surface area (Å²) >= 11 is 3.31. The molecule has 4 nitrogen and oxygen atoms in total. The van der Waals surface area contributed by atoms with E-state index >= 15 is 0 Å². The molecule has 1 amide bonds. The van der Waals surface area contributed by atoms with E-state index in [1.807, 2.05) is 24.4 Å². The predicted octanol–water partition coefficient (Wildman–Crippen LogP) is 3.54. The fourth-order valence-corrected chi connectivity index (χ4v) is 3.31. The van der Waals surface area contributed by atoms with E-state index in [4.69, 9.17) is 5.73 Å². The maximum absolute atomic E-state index is 11.9. The SMILES string of the molecule is Cc1ccc(N)cc1NC(=O)CCCSc1nccs1. The van der Waals surface area contributed by atoms with E-state index in [2.05, 4.69) is 10.3 Å². The first-order chi connectivity index (χ1) is 9.65. The van der Waals surface area contributed by atoms with Crippen LogP contribution in [0.25, 0.3) is 0 Å². The van der Waals surface area contributed by atoms with Crippen LogP contribution < -0.4 is 11.1 Å². The van der Waals surface area contributed by atoms with Gasteiger partial charge in [0, 0.05) is 35.1 Å². The van der Waals surface area contributed by atoms with E-state index in [-0.39, 0.29) is 5.91 Å². The number of nitrogens with zero attached hydrogens (tertiary/aromatic N) is 1. The van der Waals surface area contributed by atoms with Gasteiger partial charge in [-0.1, -0.05) is 17.8 Å². The van der Waals surface area contributed by atoms with Gasteiger partial charge in [-0.15, -0.1) is 11.3 Å². The van der Waals surface area contributed by atoms with Crippen molar-refractivity contribution in [1.29, 1.82) is 0 Å². The first-order valence-electron chi connectivity index (χ1n) is 6.33. The Kier molecular flexibility index (Phi) is 5.43. The first-order valence-corrected chi connectivity index (χ1v) is 8.20. The molecular formula is C14H17N3OS2. The molecule has 0 bridgehead atoms. The topological polar surface area (TPSA) is 68.0 Å². The Balaban J connectivity index is 1.73. The summed E-state index contributed by atoms with van der Waals surface area (Å²) in [5.74, 6) is 0.926. The number of rotatable bonds is 6. The highest BCUT2D eigenvalue weighted by molar-refractivity contribution is 8.00. The number of aromatic nitrogens is 1. The molecule has 0 unspecified atom stereocenters. The van der Waals surface area contributed by atoms with Crippen LogP contribution >= 0.6 is 23.1 Å². The average molecular weight is 307 g/mol. The number of nitrogens with two attached hydrogens (primary N) is 1. The molecule has 0 aliphatic heterocycles. The summed E-state index contributed by atoms with van der Waals surface area (Å²) < 4.78 is 1.05. The van der Waals surface area contributed by atoms with Gasteiger partial charge in [0.2, 0.25) is 5.91 Å². The van der Waals surface area contributed by atoms with Crippen LogP contribution in [0.4, 0.5) is 11.4 Å². The van der Waals surface area contributed by atoms with E-state index < -0.39 is 0 Å². The normalized spacial score (nSPS) is 10.4. The van der Waals surface area contributed by atoms with E-state index in [0.717, 1.165) is 27.8 Å². The minimum Gasteiger partial charge on any atom is -0.399 e. The lowest BCUT2D eigenvalue weighted by molar-refractivity contribution is -0.116. The van der Waals surface area contributed by atoms with Crippen LogP contribution in [0.5, 0.6) is 0 Å². The van der Waals surface area contributed by atoms with Crippen LogP contribution in [0.3, 0.4) is 0 Å². The van der Waals surface area contributed by atoms with Crippen molar-refractivity contribution in [2.75, 3.05) is 16.8 Å². The summed E-state index contributed by atoms with van der Waals surface area (Å²) in [7, 11) is 0. The molecule has 1 heterocycles. The number of hydrogen-bond donors (Lipinski definition) is 2. The number of hydrogen-bond acceptors (Lipinski definition) is 5. The molecule has 0 fully saturated rings. The number of nitrogen functional groups attached to an aromatic ring is 1. The Morgan fingerprint density at radius 3 is 3.10 bits per heavy atom. The summed E-state index contributed by atoms with van der Waals surface area (Å²) in [6, 6.07) is 5.52. The lowest BCUT2D eigenvalue weighted by atomic mass is 10.1. The summed E-state index contributed by atoms with van der Waals surface area (Å²) in [6.45, 7) is 1.95. The Morgan fingerprint density at radius 1 is 1.50 bits per heavy atom. The number of carbonyl (C=O) groups is 1. The second-order valence-corrected chi connectivity index (χ2v) is 6.61. The minimum absolute atomic E-state index is 0.0263. The number of benzene rings is 1. The molecule has 2 aromatic rings. The van der Waals surface area contributed by atoms with Gasteiger partial charge in [-0.2, -0.15) is 0 Å². The third-order valence-electron chi connectivity index (χ3n) is 2.72. The van der Waals surface area contributed by atoms with Crippen molar-refractivity contribution in [2.45, 2.75) is 24.1 Å². The van der Waals surface area contributed by atoms with Crippen molar-refractivity contribution < 1.29 is 4.79 Å². The van der Waals surface area contributed by atoms with Crippen molar-refractivity contribution >= 4 is 40.4 Å². The fourth-order valence-electron chi connectivity index (χ4n) is 1.66. The highest BCUT2D eigenvalue weighted by Gasteiger charge is 2.05. The molecule has 3 N–H and O–H groups in total. The van der Waals surface area contributed by atoms with Crippen LogP contribution in [0.1, 0.15) is 18.4 Å². The number of thioether (sulfide) groups is 1. The molecule has 0 saturated carbocycles. The van der Waals surface area contributed by atoms with Gasteiger partial charge >= 0.3 is 0 Å². The number of aryl methyl sites for hydroxylation is 1. The molecule has 106 valence electrons. The average Bonchev–Trinajstić information content (AvgIpc) is 2.92. The molecule has 0 aliphatic rings. The second kappa shape index (κ2) is 7.31. The van der Waals surface area contributed by atoms with Crippen LogP contribution in [0.15, 0.2) is 34.1 Å². The van der Waals surface area contributed by atoms with Crippen LogP contribution in [-0.4, -0.2) is 16.6 Å². The molecule has 20 heavy (non-hydrogen) atoms. The molecule has 0 atom stereocenters. The fraction of sp³-hybridized carbons (Fsp3) is 0.286. The Bertz CT molecular complexity index is 570. The van der Waals surface area contributed by atoms with Gasteiger partial charge < -0.3 is 11.1 Å². The molecular weight excluding hydrogens is 290 g/mol. The van der Waals surface area contributed by atoms with E-state index in [1.54, 1.807) is 35.4 Å². The lowest BCUT2D eigenvalue weighted by Crippen LogP contribution is -2.12. The van der Waals surface area contributed by atoms with Crippen LogP contribution in [0.2, 0.25) is 0 Å². The second-order valence-electron chi connectivity index (χ2n) is 4.37. The van der Waals surface area contributed by atoms with Crippen molar-refractivity contribution in [3.05, 3.63) is 35.3 Å². The molecule has 0 aliphatic carbocycles. The van der Waals surface area contributed by atoms with Crippen LogP contribution in [0, 0.1) is 6.92 Å². The van der Waals surface area contributed by atoms with Gasteiger partial charge in [0.25, 0.3) is 0 Å². The van der Waals surface area contributed by atoms with Gasteiger partial charge in [-0.25, -0.2) is 4.98 Å². The third-order valence-corrected chi connectivity index (χ3v) is 4.77. The molecule has 0 radical (unpaired) electrons. The Labute approximate surface area is 126 Å². The third kappa shape index (κ3) is 4.54. The number of carbonyl (C=O) groups excluding carboxylic acids is 1. The summed E-state index contributed by atoms with van der Waals surface area (Å²) in [4.78, 5) is 16.1. The van der Waals surface area contributed by atoms with Crippen LogP contribution in [-0.2, 0) is 4.79 Å². The standard InChI is InChI=1S/C14H17N3OS2/c1-10-4-5-11(15)9-12(10)17-13(18)3-2-7-19-14-16-6-8-20-14/h4-6,8-9H,2-3,7,15H2,1H3,(H,17,18). The predicted molar refractivity (Wildman–Crippen MR) is 86.3 cm³/mol. The highest BCUT2D eigenvalue weighted by Crippen LogP contribution is 2.22. The van der Waals surface area contributed by atoms with Gasteiger partial charge in [0.1, 0.15) is 4.34 Å². The zero-order valence-electron chi connectivity index (χ0n) is 11.3. The van der Waals surface area contributed by atoms with Gasteiger partial charge in [0.05, 0.1) is 0 Å². The molecule has 0 spiro atoms. The summed E-state index contributed by atoms with van der Waals surface area (Å²) in [5.41, 5.74) is 8.19. The maximum Gasteiger partial charge on any atom is 0.224 e. The van der Waals surface area contributed by atoms with Crippen molar-refractivity contribution in [3.63, 3.8) is 0 Å². The number of nitrogens with one attached hydrogen (secondary N) is 1. The Morgan fingerprint density at radius 2 is 2.35 bits per heavy atom. The zero-order valence-corrected chi connectivity index (χ0v) is 12.9. The largest absolute Gasteiger partial charge is 0.399 e. The zero-order chi connectivity index (χ0) is 14.4. The number of anilines is 2. The molecule has 2 rings (SSSR count). The van der Waals surface area contributed by atoms with Crippen molar-refractivity contribution in [1.82, 2.24) is 4.98 Å². The first kappa shape index (κ1) is 14.9. The molecule has 6 heteroatoms. The quantitative estimate of drug-likeness (QED) is 0.486. The summed E-state index contributed by atoms with van der Waals surface area (Å²) in [5, 5.41) is 4.86. The molecule has 1 aromatic heterocycles. The van der Waals surface area contributed by atoms with E-state index in [9.17, 15) is 4.79 Å². The maximum atomic E-state index is 11.9. The van der Waals surface area contributed by atoms with Gasteiger partial charge in [-0.3, -0.25) is 4.79 Å². The van der Waals surface area contributed by atoms with Crippen molar-refractivity contribution in [2.24, 2.45) is 0 Å². The van der Waals surface area contributed by atoms with Gasteiger partial charge in [0.15, 0.2) is 0 Å². The van der Waals surface area contributed by atoms with E-state index in [0.29, 0.717) is 12.1 Å².